The molecule has 0 radical (unpaired) electrons. The Balaban J connectivity index is 1.39. The highest BCUT2D eigenvalue weighted by Gasteiger charge is 2.24. The van der Waals surface area contributed by atoms with E-state index in [-0.39, 0.29) is 18.3 Å². The van der Waals surface area contributed by atoms with Crippen LogP contribution >= 0.6 is 0 Å². The number of aryl methyl sites for hydroxylation is 1. The molecule has 198 valence electrons. The molecule has 37 heavy (non-hydrogen) atoms. The van der Waals surface area contributed by atoms with Crippen molar-refractivity contribution in [2.45, 2.75) is 83.2 Å². The summed E-state index contributed by atoms with van der Waals surface area (Å²) in [7, 11) is 0. The van der Waals surface area contributed by atoms with Crippen molar-refractivity contribution in [1.29, 1.82) is 0 Å². The Morgan fingerprint density at radius 1 is 1.08 bits per heavy atom. The van der Waals surface area contributed by atoms with Crippen molar-refractivity contribution in [2.75, 3.05) is 6.61 Å². The van der Waals surface area contributed by atoms with E-state index in [1.54, 1.807) is 0 Å². The number of hydrogen-bond acceptors (Lipinski definition) is 3. The second-order valence-electron chi connectivity index (χ2n) is 10.6. The molecule has 6 heteroatoms. The summed E-state index contributed by atoms with van der Waals surface area (Å²) in [5.41, 5.74) is 3.51. The average molecular weight is 506 g/mol. The summed E-state index contributed by atoms with van der Waals surface area (Å²) in [6.07, 6.45) is 12.8. The van der Waals surface area contributed by atoms with Gasteiger partial charge in [-0.15, -0.1) is 0 Å². The molecule has 1 heterocycles. The predicted molar refractivity (Wildman–Crippen MR) is 145 cm³/mol. The highest BCUT2D eigenvalue weighted by molar-refractivity contribution is 5.94. The van der Waals surface area contributed by atoms with E-state index in [0.29, 0.717) is 17.7 Å². The maximum atomic E-state index is 13.3. The van der Waals surface area contributed by atoms with Gasteiger partial charge in [-0.2, -0.15) is 5.10 Å². The summed E-state index contributed by atoms with van der Waals surface area (Å²) in [6, 6.07) is 16.2. The first-order chi connectivity index (χ1) is 18.0. The maximum Gasteiger partial charge on any atom is 0.272 e. The van der Waals surface area contributed by atoms with E-state index in [1.807, 2.05) is 47.1 Å². The smallest absolute Gasteiger partial charge is 0.272 e. The van der Waals surface area contributed by atoms with Crippen LogP contribution in [0.2, 0.25) is 0 Å². The Kier molecular flexibility index (Phi) is 9.89. The zero-order valence-electron chi connectivity index (χ0n) is 21.9. The molecule has 0 bridgehead atoms. The molecule has 2 N–H and O–H groups in total. The molecule has 1 aliphatic rings. The van der Waals surface area contributed by atoms with Crippen molar-refractivity contribution in [3.8, 4) is 0 Å². The molecular formula is C31H40FN3O2. The van der Waals surface area contributed by atoms with E-state index in [9.17, 15) is 14.3 Å². The number of unbranched alkanes of at least 4 members (excludes halogenated alkanes) is 1. The van der Waals surface area contributed by atoms with Gasteiger partial charge in [0.05, 0.1) is 18.7 Å². The first-order valence-electron chi connectivity index (χ1n) is 13.8. The van der Waals surface area contributed by atoms with Crippen LogP contribution in [0, 0.1) is 11.7 Å². The quantitative estimate of drug-likeness (QED) is 0.273. The SMILES string of the molecule is C[C@@H](CCCCc1cn(C2CCCCC2)nc1C(=O)N[C@@H](CO)c1ccccc1)Cc1ccc(F)cc1. The molecular weight excluding hydrogens is 465 g/mol. The number of carbonyl (C=O) groups is 1. The molecule has 2 aromatic carbocycles. The zero-order valence-corrected chi connectivity index (χ0v) is 21.9. The summed E-state index contributed by atoms with van der Waals surface area (Å²) in [4.78, 5) is 13.3. The monoisotopic (exact) mass is 505 g/mol. The van der Waals surface area contributed by atoms with Crippen LogP contribution in [0.5, 0.6) is 0 Å². The number of rotatable bonds is 12. The van der Waals surface area contributed by atoms with Crippen LogP contribution in [0.4, 0.5) is 4.39 Å². The predicted octanol–water partition coefficient (Wildman–Crippen LogP) is 6.58. The lowest BCUT2D eigenvalue weighted by Gasteiger charge is -2.21. The lowest BCUT2D eigenvalue weighted by atomic mass is 9.94. The minimum Gasteiger partial charge on any atom is -0.394 e. The van der Waals surface area contributed by atoms with Crippen molar-refractivity contribution in [3.05, 3.63) is 89.0 Å². The van der Waals surface area contributed by atoms with Crippen molar-refractivity contribution in [1.82, 2.24) is 15.1 Å². The van der Waals surface area contributed by atoms with Gasteiger partial charge in [-0.05, 0) is 61.3 Å². The first kappa shape index (κ1) is 27.1. The largest absolute Gasteiger partial charge is 0.394 e. The van der Waals surface area contributed by atoms with E-state index in [0.717, 1.165) is 56.1 Å². The molecule has 0 saturated heterocycles. The van der Waals surface area contributed by atoms with Crippen LogP contribution in [-0.2, 0) is 12.8 Å². The molecule has 3 aromatic rings. The van der Waals surface area contributed by atoms with Crippen molar-refractivity contribution in [3.63, 3.8) is 0 Å². The van der Waals surface area contributed by atoms with Gasteiger partial charge < -0.3 is 10.4 Å². The highest BCUT2D eigenvalue weighted by Crippen LogP contribution is 2.29. The van der Waals surface area contributed by atoms with Gasteiger partial charge in [-0.1, -0.05) is 81.5 Å². The second kappa shape index (κ2) is 13.5. The van der Waals surface area contributed by atoms with Crippen LogP contribution in [-0.4, -0.2) is 27.4 Å². The van der Waals surface area contributed by atoms with Crippen molar-refractivity contribution >= 4 is 5.91 Å². The highest BCUT2D eigenvalue weighted by atomic mass is 19.1. The zero-order chi connectivity index (χ0) is 26.0. The Hall–Kier alpha value is -2.99. The van der Waals surface area contributed by atoms with Crippen LogP contribution < -0.4 is 5.32 Å². The number of carbonyl (C=O) groups excluding carboxylic acids is 1. The fourth-order valence-corrected chi connectivity index (χ4v) is 5.42. The first-order valence-corrected chi connectivity index (χ1v) is 13.8. The Morgan fingerprint density at radius 3 is 2.51 bits per heavy atom. The number of aliphatic hydroxyl groups excluding tert-OH is 1. The fourth-order valence-electron chi connectivity index (χ4n) is 5.42. The third-order valence-electron chi connectivity index (χ3n) is 7.55. The Morgan fingerprint density at radius 2 is 1.81 bits per heavy atom. The third kappa shape index (κ3) is 7.75. The van der Waals surface area contributed by atoms with Gasteiger partial charge in [-0.25, -0.2) is 4.39 Å². The molecule has 1 fully saturated rings. The lowest BCUT2D eigenvalue weighted by Crippen LogP contribution is -2.31. The van der Waals surface area contributed by atoms with Gasteiger partial charge in [0.15, 0.2) is 5.69 Å². The van der Waals surface area contributed by atoms with Crippen LogP contribution in [0.1, 0.15) is 97.6 Å². The van der Waals surface area contributed by atoms with E-state index in [4.69, 9.17) is 5.10 Å². The number of aromatic nitrogens is 2. The normalized spacial score (nSPS) is 15.9. The number of aliphatic hydroxyl groups is 1. The number of amides is 1. The number of halogens is 1. The third-order valence-corrected chi connectivity index (χ3v) is 7.55. The molecule has 1 amide bonds. The summed E-state index contributed by atoms with van der Waals surface area (Å²) < 4.78 is 15.2. The number of nitrogens with zero attached hydrogens (tertiary/aromatic N) is 2. The van der Waals surface area contributed by atoms with E-state index >= 15 is 0 Å². The Labute approximate surface area is 220 Å². The van der Waals surface area contributed by atoms with Gasteiger partial charge in [0.2, 0.25) is 0 Å². The number of benzene rings is 2. The maximum absolute atomic E-state index is 13.3. The summed E-state index contributed by atoms with van der Waals surface area (Å²) >= 11 is 0. The molecule has 0 spiro atoms. The molecule has 1 aliphatic carbocycles. The fraction of sp³-hybridized carbons (Fsp3) is 0.484. The van der Waals surface area contributed by atoms with Crippen LogP contribution in [0.15, 0.2) is 60.8 Å². The van der Waals surface area contributed by atoms with Crippen LogP contribution in [0.3, 0.4) is 0 Å². The van der Waals surface area contributed by atoms with Crippen LogP contribution in [0.25, 0.3) is 0 Å². The molecule has 2 atom stereocenters. The standard InChI is InChI=1S/C31H40FN3O2/c1-23(20-24-16-18-27(32)19-17-24)10-8-9-13-26-21-35(28-14-6-3-7-15-28)34-30(26)31(37)33-29(22-36)25-11-4-2-5-12-25/h2,4-5,11-12,16-19,21,23,28-29,36H,3,6-10,13-15,20,22H2,1H3,(H,33,37)/t23-,29-/m0/s1. The molecule has 1 saturated carbocycles. The van der Waals surface area contributed by atoms with Crippen molar-refractivity contribution < 1.29 is 14.3 Å². The minimum absolute atomic E-state index is 0.166. The second-order valence-corrected chi connectivity index (χ2v) is 10.6. The Bertz CT molecular complexity index is 1110. The lowest BCUT2D eigenvalue weighted by molar-refractivity contribution is 0.0908. The topological polar surface area (TPSA) is 67.2 Å². The molecule has 4 rings (SSSR count). The van der Waals surface area contributed by atoms with E-state index in [2.05, 4.69) is 18.4 Å². The molecule has 0 unspecified atom stereocenters. The number of hydrogen-bond donors (Lipinski definition) is 2. The van der Waals surface area contributed by atoms with Crippen molar-refractivity contribution in [2.24, 2.45) is 5.92 Å². The summed E-state index contributed by atoms with van der Waals surface area (Å²) in [5, 5.41) is 17.7. The van der Waals surface area contributed by atoms with E-state index in [1.165, 1.54) is 37.0 Å². The summed E-state index contributed by atoms with van der Waals surface area (Å²) in [6.45, 7) is 2.07. The average Bonchev–Trinajstić information content (AvgIpc) is 3.36. The number of nitrogens with one attached hydrogen (secondary N) is 1. The van der Waals surface area contributed by atoms with Gasteiger partial charge in [0.1, 0.15) is 5.82 Å². The van der Waals surface area contributed by atoms with E-state index < -0.39 is 6.04 Å². The molecule has 0 aliphatic heterocycles. The molecule has 5 nitrogen and oxygen atoms in total. The van der Waals surface area contributed by atoms with Gasteiger partial charge in [0.25, 0.3) is 5.91 Å². The van der Waals surface area contributed by atoms with Gasteiger partial charge >= 0.3 is 0 Å². The van der Waals surface area contributed by atoms with Gasteiger partial charge in [0, 0.05) is 11.8 Å². The minimum atomic E-state index is -0.464. The molecule has 1 aromatic heterocycles. The summed E-state index contributed by atoms with van der Waals surface area (Å²) in [5.74, 6) is 0.0885. The van der Waals surface area contributed by atoms with Gasteiger partial charge in [-0.3, -0.25) is 9.48 Å².